The van der Waals surface area contributed by atoms with Crippen LogP contribution >= 0.6 is 23.7 Å². The maximum atomic E-state index is 15.9. The number of hydrogen-bond donors (Lipinski definition) is 0. The second kappa shape index (κ2) is 12.9. The smallest absolute Gasteiger partial charge is 0.187 e. The zero-order chi connectivity index (χ0) is 30.9. The van der Waals surface area contributed by atoms with Crippen LogP contribution in [-0.2, 0) is 9.87 Å². The normalized spacial score (nSPS) is 24.8. The van der Waals surface area contributed by atoms with Crippen LogP contribution in [0.4, 0.5) is 0 Å². The van der Waals surface area contributed by atoms with Crippen molar-refractivity contribution in [2.45, 2.75) is 24.0 Å². The highest BCUT2D eigenvalue weighted by atomic mass is 31.2. The Labute approximate surface area is 270 Å². The van der Waals surface area contributed by atoms with Gasteiger partial charge >= 0.3 is 0 Å². The van der Waals surface area contributed by atoms with Crippen LogP contribution in [0, 0.1) is 0 Å². The van der Waals surface area contributed by atoms with Crippen molar-refractivity contribution in [3.63, 3.8) is 0 Å². The van der Waals surface area contributed by atoms with Crippen LogP contribution in [0.1, 0.15) is 12.5 Å². The monoisotopic (exact) mass is 643 g/mol. The molecule has 2 unspecified atom stereocenters. The third-order valence-corrected chi connectivity index (χ3v) is 17.8. The number of benzene rings is 5. The number of rotatable bonds is 8. The highest BCUT2D eigenvalue weighted by Crippen LogP contribution is 2.79. The average Bonchev–Trinajstić information content (AvgIpc) is 3.66. The first-order chi connectivity index (χ1) is 22.0. The number of likely N-dealkylation sites (N-methyl/N-ethyl adjacent to an activating group) is 1. The lowest BCUT2D eigenvalue weighted by Gasteiger charge is -2.40. The number of allylic oxidation sites excluding steroid dienone is 4. The van der Waals surface area contributed by atoms with E-state index in [1.54, 1.807) is 0 Å². The summed E-state index contributed by atoms with van der Waals surface area (Å²) in [7, 11) is -3.55. The maximum absolute atomic E-state index is 15.9. The first-order valence-corrected chi connectivity index (χ1v) is 19.7. The standard InChI is InChI=1S/C39H36NO2P3/c1-31-39(32-19-8-3-9-20-32,44(35-25-14-6-15-26-35)36-27-16-7-17-28-36)42-45(41,40(31)2)38-30-18-29-37(38)43(33-21-10-4-11-22-33)34-23-12-5-13-24-34/h3-31,38H,1-2H3/t31-,38?,39+,45?/m0/s1. The summed E-state index contributed by atoms with van der Waals surface area (Å²) in [5, 5.41) is 5.19. The predicted molar refractivity (Wildman–Crippen MR) is 193 cm³/mol. The van der Waals surface area contributed by atoms with E-state index in [1.807, 2.05) is 13.1 Å². The molecular weight excluding hydrogens is 607 g/mol. The SMILES string of the molecule is C[C@@H]1N(C)[P+]([O-])(C2C=CC=C2P(c2ccccc2)c2ccccc2)O[C@@]1(c1ccccc1)P(c1ccccc1)c1ccccc1. The van der Waals surface area contributed by atoms with Gasteiger partial charge in [-0.05, 0) is 47.7 Å². The molecule has 3 nitrogen and oxygen atoms in total. The molecule has 2 aliphatic rings. The Bertz CT molecular complexity index is 1710. The fourth-order valence-corrected chi connectivity index (χ4v) is 16.3. The van der Waals surface area contributed by atoms with E-state index in [2.05, 4.69) is 175 Å². The summed E-state index contributed by atoms with van der Waals surface area (Å²) in [5.41, 5.74) is 0.687. The van der Waals surface area contributed by atoms with Gasteiger partial charge in [-0.15, -0.1) is 0 Å². The van der Waals surface area contributed by atoms with Crippen molar-refractivity contribution in [2.24, 2.45) is 0 Å². The molecule has 0 saturated carbocycles. The molecule has 0 N–H and O–H groups in total. The van der Waals surface area contributed by atoms with Crippen molar-refractivity contribution in [3.05, 3.63) is 181 Å². The van der Waals surface area contributed by atoms with E-state index in [0.29, 0.717) is 0 Å². The van der Waals surface area contributed by atoms with Crippen molar-refractivity contribution in [3.8, 4) is 0 Å². The summed E-state index contributed by atoms with van der Waals surface area (Å²) < 4.78 is 9.57. The van der Waals surface area contributed by atoms with E-state index in [0.717, 1.165) is 10.9 Å². The van der Waals surface area contributed by atoms with Crippen LogP contribution in [0.15, 0.2) is 175 Å². The molecule has 4 atom stereocenters. The van der Waals surface area contributed by atoms with Gasteiger partial charge in [0.15, 0.2) is 18.9 Å². The van der Waals surface area contributed by atoms with Gasteiger partial charge in [-0.2, -0.15) is 4.67 Å². The fourth-order valence-electron chi connectivity index (χ4n) is 6.64. The second-order valence-corrected chi connectivity index (χ2v) is 18.5. The Balaban J connectivity index is 1.40. The van der Waals surface area contributed by atoms with E-state index in [9.17, 15) is 0 Å². The summed E-state index contributed by atoms with van der Waals surface area (Å²) in [6.07, 6.45) is 6.40. The van der Waals surface area contributed by atoms with Crippen molar-refractivity contribution in [2.75, 3.05) is 7.05 Å². The Morgan fingerprint density at radius 3 is 1.53 bits per heavy atom. The molecule has 0 radical (unpaired) electrons. The van der Waals surface area contributed by atoms with Gasteiger partial charge in [-0.3, -0.25) is 0 Å². The fraction of sp³-hybridized carbons (Fsp3) is 0.128. The highest BCUT2D eigenvalue weighted by molar-refractivity contribution is 7.78. The molecule has 5 aromatic rings. The predicted octanol–water partition coefficient (Wildman–Crippen LogP) is 7.40. The third kappa shape index (κ3) is 5.37. The number of hydrogen-bond acceptors (Lipinski definition) is 3. The van der Waals surface area contributed by atoms with Gasteiger partial charge in [0.2, 0.25) is 0 Å². The van der Waals surface area contributed by atoms with E-state index in [1.165, 1.54) is 21.2 Å². The van der Waals surface area contributed by atoms with Gasteiger partial charge in [-0.1, -0.05) is 164 Å². The molecule has 0 amide bonds. The van der Waals surface area contributed by atoms with Gasteiger partial charge in [-0.25, -0.2) is 4.52 Å². The van der Waals surface area contributed by atoms with Gasteiger partial charge < -0.3 is 4.89 Å². The molecule has 224 valence electrons. The quantitative estimate of drug-likeness (QED) is 0.165. The molecular formula is C39H36NO2P3. The summed E-state index contributed by atoms with van der Waals surface area (Å²) in [4.78, 5) is 15.9. The Morgan fingerprint density at radius 1 is 0.644 bits per heavy atom. The van der Waals surface area contributed by atoms with E-state index in [4.69, 9.17) is 4.52 Å². The maximum Gasteiger partial charge on any atom is 0.187 e. The van der Waals surface area contributed by atoms with Gasteiger partial charge in [0, 0.05) is 20.3 Å². The van der Waals surface area contributed by atoms with E-state index >= 15 is 4.89 Å². The van der Waals surface area contributed by atoms with Gasteiger partial charge in [0.05, 0.1) is 6.04 Å². The lowest BCUT2D eigenvalue weighted by atomic mass is 10.0. The lowest BCUT2D eigenvalue weighted by molar-refractivity contribution is -0.202. The Kier molecular flexibility index (Phi) is 8.69. The minimum Gasteiger partial charge on any atom is -0.640 e. The van der Waals surface area contributed by atoms with Crippen molar-refractivity contribution in [1.82, 2.24) is 4.67 Å². The Morgan fingerprint density at radius 2 is 1.07 bits per heavy atom. The van der Waals surface area contributed by atoms with Crippen molar-refractivity contribution < 1.29 is 9.42 Å². The summed E-state index contributed by atoms with van der Waals surface area (Å²) >= 11 is 0. The first kappa shape index (κ1) is 30.4. The van der Waals surface area contributed by atoms with Gasteiger partial charge in [0.1, 0.15) is 0 Å². The molecule has 5 aromatic carbocycles. The van der Waals surface area contributed by atoms with Crippen LogP contribution in [-0.4, -0.2) is 23.4 Å². The van der Waals surface area contributed by atoms with Crippen LogP contribution in [0.5, 0.6) is 0 Å². The van der Waals surface area contributed by atoms with Crippen molar-refractivity contribution in [1.29, 1.82) is 0 Å². The zero-order valence-electron chi connectivity index (χ0n) is 25.4. The van der Waals surface area contributed by atoms with Crippen LogP contribution < -0.4 is 26.1 Å². The third-order valence-electron chi connectivity index (χ3n) is 8.89. The summed E-state index contributed by atoms with van der Waals surface area (Å²) in [5.74, 6) is 0. The largest absolute Gasteiger partial charge is 0.640 e. The molecule has 1 fully saturated rings. The van der Waals surface area contributed by atoms with E-state index < -0.39 is 29.1 Å². The van der Waals surface area contributed by atoms with Gasteiger partial charge in [0.25, 0.3) is 0 Å². The molecule has 1 heterocycles. The van der Waals surface area contributed by atoms with E-state index in [-0.39, 0.29) is 11.7 Å². The molecule has 0 spiro atoms. The highest BCUT2D eigenvalue weighted by Gasteiger charge is 2.67. The molecule has 7 rings (SSSR count). The van der Waals surface area contributed by atoms with Crippen LogP contribution in [0.3, 0.4) is 0 Å². The first-order valence-electron chi connectivity index (χ1n) is 15.3. The van der Waals surface area contributed by atoms with Crippen LogP contribution in [0.25, 0.3) is 0 Å². The number of nitrogens with zero attached hydrogens (tertiary/aromatic N) is 1. The summed E-state index contributed by atoms with van der Waals surface area (Å²) in [6.45, 7) is 2.20. The molecule has 0 bridgehead atoms. The minimum absolute atomic E-state index is 0.174. The van der Waals surface area contributed by atoms with Crippen molar-refractivity contribution >= 4 is 44.9 Å². The molecule has 1 aliphatic heterocycles. The van der Waals surface area contributed by atoms with Crippen LogP contribution in [0.2, 0.25) is 0 Å². The molecule has 6 heteroatoms. The topological polar surface area (TPSA) is 35.5 Å². The summed E-state index contributed by atoms with van der Waals surface area (Å²) in [6, 6.07) is 53.0. The lowest BCUT2D eigenvalue weighted by Crippen LogP contribution is -2.43. The molecule has 45 heavy (non-hydrogen) atoms. The average molecular weight is 644 g/mol. The molecule has 0 aromatic heterocycles. The molecule has 1 aliphatic carbocycles. The minimum atomic E-state index is -3.49. The zero-order valence-corrected chi connectivity index (χ0v) is 28.1. The Hall–Kier alpha value is -3.25. The second-order valence-electron chi connectivity index (χ2n) is 11.4. The molecule has 1 saturated heterocycles.